The maximum atomic E-state index is 5.40. The first-order chi connectivity index (χ1) is 12.7. The van der Waals surface area contributed by atoms with E-state index in [9.17, 15) is 0 Å². The quantitative estimate of drug-likeness (QED) is 0.605. The number of nitrogens with zero attached hydrogens (tertiary/aromatic N) is 2. The molecule has 0 aliphatic carbocycles. The molecule has 0 saturated carbocycles. The summed E-state index contributed by atoms with van der Waals surface area (Å²) in [5.41, 5.74) is 2.61. The molecule has 1 atom stereocenters. The third-order valence-electron chi connectivity index (χ3n) is 4.89. The normalized spacial score (nSPS) is 16.0. The van der Waals surface area contributed by atoms with Crippen LogP contribution in [0.25, 0.3) is 0 Å². The van der Waals surface area contributed by atoms with Gasteiger partial charge in [0.1, 0.15) is 5.75 Å². The summed E-state index contributed by atoms with van der Waals surface area (Å²) >= 11 is 1.89. The molecule has 0 spiro atoms. The minimum atomic E-state index is 0.452. The number of guanidine groups is 1. The van der Waals surface area contributed by atoms with Gasteiger partial charge in [0, 0.05) is 49.7 Å². The molecule has 2 heterocycles. The molecule has 2 aromatic rings. The number of methoxy groups -OCH3 is 1. The van der Waals surface area contributed by atoms with Gasteiger partial charge in [-0.15, -0.1) is 11.3 Å². The fraction of sp³-hybridized carbons (Fsp3) is 0.450. The number of hydrogen-bond acceptors (Lipinski definition) is 4. The van der Waals surface area contributed by atoms with Crippen LogP contribution in [0.15, 0.2) is 40.7 Å². The molecule has 140 valence electrons. The van der Waals surface area contributed by atoms with Crippen LogP contribution in [0.3, 0.4) is 0 Å². The van der Waals surface area contributed by atoms with Crippen molar-refractivity contribution in [3.05, 3.63) is 51.7 Å². The van der Waals surface area contributed by atoms with Gasteiger partial charge in [-0.3, -0.25) is 9.89 Å². The van der Waals surface area contributed by atoms with E-state index in [1.165, 1.54) is 5.56 Å². The number of hydrogen-bond donors (Lipinski definition) is 2. The largest absolute Gasteiger partial charge is 0.496 e. The van der Waals surface area contributed by atoms with Gasteiger partial charge in [-0.2, -0.15) is 0 Å². The number of ether oxygens (including phenoxy) is 1. The summed E-state index contributed by atoms with van der Waals surface area (Å²) in [6.45, 7) is 6.00. The van der Waals surface area contributed by atoms with E-state index in [0.717, 1.165) is 43.3 Å². The summed E-state index contributed by atoms with van der Waals surface area (Å²) in [5.74, 6) is 1.71. The molecule has 3 rings (SSSR count). The van der Waals surface area contributed by atoms with Crippen molar-refractivity contribution in [2.45, 2.75) is 32.5 Å². The minimum absolute atomic E-state index is 0.452. The molecule has 5 nitrogen and oxygen atoms in total. The third kappa shape index (κ3) is 4.56. The van der Waals surface area contributed by atoms with Crippen molar-refractivity contribution in [1.29, 1.82) is 0 Å². The van der Waals surface area contributed by atoms with Crippen LogP contribution in [0.1, 0.15) is 22.9 Å². The molecular weight excluding hydrogens is 344 g/mol. The molecule has 6 heteroatoms. The van der Waals surface area contributed by atoms with Gasteiger partial charge in [-0.1, -0.05) is 18.2 Å². The minimum Gasteiger partial charge on any atom is -0.496 e. The van der Waals surface area contributed by atoms with Crippen molar-refractivity contribution >= 4 is 17.3 Å². The van der Waals surface area contributed by atoms with Crippen LogP contribution in [-0.4, -0.2) is 44.1 Å². The van der Waals surface area contributed by atoms with E-state index in [0.29, 0.717) is 12.6 Å². The Bertz CT molecular complexity index is 743. The summed E-state index contributed by atoms with van der Waals surface area (Å²) < 4.78 is 5.40. The van der Waals surface area contributed by atoms with Gasteiger partial charge in [0.15, 0.2) is 5.96 Å². The van der Waals surface area contributed by atoms with Gasteiger partial charge >= 0.3 is 0 Å². The fourth-order valence-corrected chi connectivity index (χ4v) is 4.16. The van der Waals surface area contributed by atoms with Gasteiger partial charge in [0.05, 0.1) is 7.11 Å². The highest BCUT2D eigenvalue weighted by atomic mass is 32.1. The second-order valence-corrected chi connectivity index (χ2v) is 7.56. The number of para-hydroxylation sites is 1. The zero-order chi connectivity index (χ0) is 18.4. The van der Waals surface area contributed by atoms with Crippen LogP contribution < -0.4 is 15.4 Å². The van der Waals surface area contributed by atoms with Gasteiger partial charge in [-0.25, -0.2) is 0 Å². The van der Waals surface area contributed by atoms with Crippen LogP contribution in [-0.2, 0) is 19.5 Å². The highest BCUT2D eigenvalue weighted by Crippen LogP contribution is 2.25. The van der Waals surface area contributed by atoms with E-state index in [1.54, 1.807) is 19.0 Å². The standard InChI is InChI=1S/C20H28N4OS/c1-15(24-10-8-19-17(14-24)9-11-26-19)12-22-20(21-2)23-13-16-6-4-5-7-18(16)25-3/h4-7,9,11,15H,8,10,12-14H2,1-3H3,(H2,21,22,23). The molecule has 26 heavy (non-hydrogen) atoms. The first-order valence-electron chi connectivity index (χ1n) is 9.07. The predicted molar refractivity (Wildman–Crippen MR) is 109 cm³/mol. The van der Waals surface area contributed by atoms with Gasteiger partial charge in [-0.05, 0) is 36.4 Å². The summed E-state index contributed by atoms with van der Waals surface area (Å²) in [7, 11) is 3.51. The maximum Gasteiger partial charge on any atom is 0.191 e. The fourth-order valence-electron chi connectivity index (χ4n) is 3.27. The van der Waals surface area contributed by atoms with E-state index in [1.807, 2.05) is 29.5 Å². The number of benzene rings is 1. The van der Waals surface area contributed by atoms with E-state index in [-0.39, 0.29) is 0 Å². The molecule has 1 aromatic heterocycles. The van der Waals surface area contributed by atoms with E-state index in [4.69, 9.17) is 4.74 Å². The van der Waals surface area contributed by atoms with Gasteiger partial charge in [0.25, 0.3) is 0 Å². The Balaban J connectivity index is 1.48. The number of rotatable bonds is 6. The lowest BCUT2D eigenvalue weighted by molar-refractivity contribution is 0.192. The van der Waals surface area contributed by atoms with Crippen molar-refractivity contribution in [3.8, 4) is 5.75 Å². The highest BCUT2D eigenvalue weighted by molar-refractivity contribution is 7.10. The molecule has 0 radical (unpaired) electrons. The lowest BCUT2D eigenvalue weighted by Gasteiger charge is -2.32. The molecule has 1 aliphatic heterocycles. The average molecular weight is 373 g/mol. The van der Waals surface area contributed by atoms with Crippen molar-refractivity contribution in [3.63, 3.8) is 0 Å². The summed E-state index contributed by atoms with van der Waals surface area (Å²) in [4.78, 5) is 8.43. The van der Waals surface area contributed by atoms with Crippen LogP contribution >= 0.6 is 11.3 Å². The second-order valence-electron chi connectivity index (χ2n) is 6.56. The first-order valence-corrected chi connectivity index (χ1v) is 9.95. The van der Waals surface area contributed by atoms with Crippen molar-refractivity contribution < 1.29 is 4.74 Å². The molecular formula is C20H28N4OS. The molecule has 1 aliphatic rings. The lowest BCUT2D eigenvalue weighted by atomic mass is 10.1. The molecule has 1 aromatic carbocycles. The monoisotopic (exact) mass is 372 g/mol. The summed E-state index contributed by atoms with van der Waals surface area (Å²) in [6, 6.07) is 10.8. The Kier molecular flexibility index (Phi) is 6.52. The smallest absolute Gasteiger partial charge is 0.191 e. The number of fused-ring (bicyclic) bond motifs is 1. The van der Waals surface area contributed by atoms with Crippen molar-refractivity contribution in [2.24, 2.45) is 4.99 Å². The van der Waals surface area contributed by atoms with E-state index < -0.39 is 0 Å². The molecule has 0 amide bonds. The van der Waals surface area contributed by atoms with E-state index >= 15 is 0 Å². The number of aliphatic imine (C=N–C) groups is 1. The van der Waals surface area contributed by atoms with Gasteiger partial charge in [0.2, 0.25) is 0 Å². The summed E-state index contributed by atoms with van der Waals surface area (Å²) in [6.07, 6.45) is 1.16. The summed E-state index contributed by atoms with van der Waals surface area (Å²) in [5, 5.41) is 9.03. The Morgan fingerprint density at radius 3 is 2.96 bits per heavy atom. The maximum absolute atomic E-state index is 5.40. The first kappa shape index (κ1) is 18.7. The molecule has 0 fully saturated rings. The van der Waals surface area contributed by atoms with E-state index in [2.05, 4.69) is 45.0 Å². The van der Waals surface area contributed by atoms with Crippen molar-refractivity contribution in [1.82, 2.24) is 15.5 Å². The molecule has 2 N–H and O–H groups in total. The third-order valence-corrected chi connectivity index (χ3v) is 5.91. The Hall–Kier alpha value is -2.05. The van der Waals surface area contributed by atoms with Crippen LogP contribution in [0.4, 0.5) is 0 Å². The molecule has 0 saturated heterocycles. The number of thiophene rings is 1. The highest BCUT2D eigenvalue weighted by Gasteiger charge is 2.21. The Morgan fingerprint density at radius 1 is 1.31 bits per heavy atom. The Morgan fingerprint density at radius 2 is 2.15 bits per heavy atom. The van der Waals surface area contributed by atoms with Crippen molar-refractivity contribution in [2.75, 3.05) is 27.2 Å². The SMILES string of the molecule is CN=C(NCc1ccccc1OC)NCC(C)N1CCc2sccc2C1. The van der Waals surface area contributed by atoms with Crippen LogP contribution in [0.2, 0.25) is 0 Å². The number of nitrogens with one attached hydrogen (secondary N) is 2. The van der Waals surface area contributed by atoms with Gasteiger partial charge < -0.3 is 15.4 Å². The lowest BCUT2D eigenvalue weighted by Crippen LogP contribution is -2.47. The predicted octanol–water partition coefficient (Wildman–Crippen LogP) is 2.87. The zero-order valence-electron chi connectivity index (χ0n) is 15.8. The molecule has 0 bridgehead atoms. The topological polar surface area (TPSA) is 48.9 Å². The van der Waals surface area contributed by atoms with Crippen LogP contribution in [0.5, 0.6) is 5.75 Å². The second kappa shape index (κ2) is 9.05. The average Bonchev–Trinajstić information content (AvgIpc) is 3.16. The molecule has 1 unspecified atom stereocenters. The zero-order valence-corrected chi connectivity index (χ0v) is 16.6. The van der Waals surface area contributed by atoms with Crippen LogP contribution in [0, 0.1) is 0 Å². The Labute approximate surface area is 160 Å².